The van der Waals surface area contributed by atoms with Crippen molar-refractivity contribution in [2.24, 2.45) is 0 Å². The minimum atomic E-state index is 0.0388. The van der Waals surface area contributed by atoms with Crippen LogP contribution in [-0.2, 0) is 0 Å². The lowest BCUT2D eigenvalue weighted by Crippen LogP contribution is -2.38. The van der Waals surface area contributed by atoms with Crippen molar-refractivity contribution in [2.45, 2.75) is 25.7 Å². The first-order valence-corrected chi connectivity index (χ1v) is 6.95. The Morgan fingerprint density at radius 3 is 2.60 bits per heavy atom. The topological polar surface area (TPSA) is 61.9 Å². The van der Waals surface area contributed by atoms with E-state index in [9.17, 15) is 4.79 Å². The molecule has 1 fully saturated rings. The molecule has 0 spiro atoms. The Morgan fingerprint density at radius 2 is 2.00 bits per heavy atom. The Balaban J connectivity index is 1.64. The Kier molecular flexibility index (Phi) is 3.50. The van der Waals surface area contributed by atoms with Gasteiger partial charge in [-0.3, -0.25) is 9.78 Å². The highest BCUT2D eigenvalue weighted by molar-refractivity contribution is 5.93. The number of pyridine rings is 1. The molecule has 0 unspecified atom stereocenters. The number of carbonyl (C=O) groups excluding carboxylic acids is 1. The molecule has 5 nitrogen and oxygen atoms in total. The molecule has 3 heterocycles. The lowest BCUT2D eigenvalue weighted by molar-refractivity contribution is 0.0707. The largest absolute Gasteiger partial charge is 0.348 e. The van der Waals surface area contributed by atoms with Gasteiger partial charge < -0.3 is 9.88 Å². The smallest absolute Gasteiger partial charge is 0.274 e. The molecule has 2 aromatic rings. The first-order valence-electron chi connectivity index (χ1n) is 6.95. The first-order chi connectivity index (χ1) is 9.75. The predicted molar refractivity (Wildman–Crippen MR) is 75.4 cm³/mol. The third-order valence-electron chi connectivity index (χ3n) is 3.99. The fourth-order valence-corrected chi connectivity index (χ4v) is 2.78. The van der Waals surface area contributed by atoms with E-state index >= 15 is 0 Å². The SMILES string of the molecule is Cc1[nH]cnc1C(=O)N1CCC(c2ccncc2)CC1. The highest BCUT2D eigenvalue weighted by Gasteiger charge is 2.26. The fraction of sp³-hybridized carbons (Fsp3) is 0.400. The van der Waals surface area contributed by atoms with Crippen LogP contribution in [0.2, 0.25) is 0 Å². The molecule has 1 amide bonds. The number of nitrogens with zero attached hydrogens (tertiary/aromatic N) is 3. The quantitative estimate of drug-likeness (QED) is 0.909. The summed E-state index contributed by atoms with van der Waals surface area (Å²) in [6.07, 6.45) is 7.24. The molecule has 1 aliphatic heterocycles. The summed E-state index contributed by atoms with van der Waals surface area (Å²) in [6.45, 7) is 3.46. The normalized spacial score (nSPS) is 16.4. The van der Waals surface area contributed by atoms with Gasteiger partial charge in [-0.2, -0.15) is 0 Å². The molecule has 3 rings (SSSR count). The van der Waals surface area contributed by atoms with Gasteiger partial charge in [-0.25, -0.2) is 4.98 Å². The van der Waals surface area contributed by atoms with E-state index in [0.29, 0.717) is 11.6 Å². The van der Waals surface area contributed by atoms with Gasteiger partial charge in [0.15, 0.2) is 0 Å². The molecule has 104 valence electrons. The summed E-state index contributed by atoms with van der Waals surface area (Å²) in [5.74, 6) is 0.569. The third kappa shape index (κ3) is 2.43. The number of aromatic amines is 1. The average molecular weight is 270 g/mol. The van der Waals surface area contributed by atoms with Gasteiger partial charge in [0.1, 0.15) is 5.69 Å². The molecule has 0 aliphatic carbocycles. The van der Waals surface area contributed by atoms with Crippen molar-refractivity contribution in [1.29, 1.82) is 0 Å². The fourth-order valence-electron chi connectivity index (χ4n) is 2.78. The van der Waals surface area contributed by atoms with E-state index in [2.05, 4.69) is 27.1 Å². The Labute approximate surface area is 118 Å². The maximum absolute atomic E-state index is 12.4. The summed E-state index contributed by atoms with van der Waals surface area (Å²) in [6, 6.07) is 4.14. The summed E-state index contributed by atoms with van der Waals surface area (Å²) >= 11 is 0. The molecule has 1 saturated heterocycles. The zero-order chi connectivity index (χ0) is 13.9. The van der Waals surface area contributed by atoms with Crippen molar-refractivity contribution < 1.29 is 4.79 Å². The molecule has 0 radical (unpaired) electrons. The lowest BCUT2D eigenvalue weighted by atomic mass is 9.90. The highest BCUT2D eigenvalue weighted by atomic mass is 16.2. The summed E-state index contributed by atoms with van der Waals surface area (Å²) < 4.78 is 0. The molecule has 0 aromatic carbocycles. The number of imidazole rings is 1. The number of hydrogen-bond acceptors (Lipinski definition) is 3. The number of likely N-dealkylation sites (tertiary alicyclic amines) is 1. The van der Waals surface area contributed by atoms with Gasteiger partial charge in [-0.15, -0.1) is 0 Å². The highest BCUT2D eigenvalue weighted by Crippen LogP contribution is 2.28. The number of piperidine rings is 1. The van der Waals surface area contributed by atoms with Crippen LogP contribution in [0, 0.1) is 6.92 Å². The number of nitrogens with one attached hydrogen (secondary N) is 1. The standard InChI is InChI=1S/C15H18N4O/c1-11-14(18-10-17-11)15(20)19-8-4-13(5-9-19)12-2-6-16-7-3-12/h2-3,6-7,10,13H,4-5,8-9H2,1H3,(H,17,18). The van der Waals surface area contributed by atoms with Crippen LogP contribution < -0.4 is 0 Å². The van der Waals surface area contributed by atoms with E-state index < -0.39 is 0 Å². The van der Waals surface area contributed by atoms with Crippen molar-refractivity contribution in [2.75, 3.05) is 13.1 Å². The average Bonchev–Trinajstić information content (AvgIpc) is 2.94. The molecule has 1 N–H and O–H groups in total. The van der Waals surface area contributed by atoms with Gasteiger partial charge in [0, 0.05) is 31.2 Å². The molecule has 1 aliphatic rings. The zero-order valence-corrected chi connectivity index (χ0v) is 11.5. The van der Waals surface area contributed by atoms with Crippen LogP contribution in [0.3, 0.4) is 0 Å². The molecular formula is C15H18N4O. The van der Waals surface area contributed by atoms with E-state index in [1.54, 1.807) is 6.33 Å². The number of aromatic nitrogens is 3. The predicted octanol–water partition coefficient (Wildman–Crippen LogP) is 2.13. The van der Waals surface area contributed by atoms with Gasteiger partial charge >= 0.3 is 0 Å². The minimum absolute atomic E-state index is 0.0388. The van der Waals surface area contributed by atoms with Gasteiger partial charge in [0.25, 0.3) is 5.91 Å². The van der Waals surface area contributed by atoms with Crippen LogP contribution in [-0.4, -0.2) is 38.8 Å². The van der Waals surface area contributed by atoms with Gasteiger partial charge in [-0.05, 0) is 43.4 Å². The summed E-state index contributed by atoms with van der Waals surface area (Å²) in [7, 11) is 0. The summed E-state index contributed by atoms with van der Waals surface area (Å²) in [4.78, 5) is 25.4. The molecule has 5 heteroatoms. The van der Waals surface area contributed by atoms with E-state index in [0.717, 1.165) is 31.6 Å². The van der Waals surface area contributed by atoms with Crippen molar-refractivity contribution >= 4 is 5.91 Å². The number of aryl methyl sites for hydroxylation is 1. The van der Waals surface area contributed by atoms with E-state index in [1.807, 2.05) is 24.2 Å². The van der Waals surface area contributed by atoms with Crippen LogP contribution in [0.4, 0.5) is 0 Å². The van der Waals surface area contributed by atoms with Gasteiger partial charge in [0.2, 0.25) is 0 Å². The Morgan fingerprint density at radius 1 is 1.30 bits per heavy atom. The lowest BCUT2D eigenvalue weighted by Gasteiger charge is -2.31. The van der Waals surface area contributed by atoms with E-state index in [4.69, 9.17) is 0 Å². The van der Waals surface area contributed by atoms with E-state index in [-0.39, 0.29) is 5.91 Å². The van der Waals surface area contributed by atoms with Crippen molar-refractivity contribution in [3.63, 3.8) is 0 Å². The molecule has 0 bridgehead atoms. The monoisotopic (exact) mass is 270 g/mol. The summed E-state index contributed by atoms with van der Waals surface area (Å²) in [5.41, 5.74) is 2.71. The van der Waals surface area contributed by atoms with Gasteiger partial charge in [-0.1, -0.05) is 0 Å². The second-order valence-electron chi connectivity index (χ2n) is 5.22. The maximum atomic E-state index is 12.4. The second kappa shape index (κ2) is 5.45. The second-order valence-corrected chi connectivity index (χ2v) is 5.22. The van der Waals surface area contributed by atoms with Crippen LogP contribution in [0.1, 0.15) is 40.5 Å². The number of carbonyl (C=O) groups is 1. The Bertz CT molecular complexity index is 585. The number of hydrogen-bond donors (Lipinski definition) is 1. The number of rotatable bonds is 2. The molecule has 20 heavy (non-hydrogen) atoms. The van der Waals surface area contributed by atoms with Crippen molar-refractivity contribution in [3.8, 4) is 0 Å². The van der Waals surface area contributed by atoms with Crippen molar-refractivity contribution in [1.82, 2.24) is 19.9 Å². The maximum Gasteiger partial charge on any atom is 0.274 e. The minimum Gasteiger partial charge on any atom is -0.348 e. The number of H-pyrrole nitrogens is 1. The summed E-state index contributed by atoms with van der Waals surface area (Å²) in [5, 5.41) is 0. The van der Waals surface area contributed by atoms with E-state index in [1.165, 1.54) is 5.56 Å². The Hall–Kier alpha value is -2.17. The first kappa shape index (κ1) is 12.8. The van der Waals surface area contributed by atoms with Crippen LogP contribution in [0.25, 0.3) is 0 Å². The van der Waals surface area contributed by atoms with Crippen LogP contribution in [0.15, 0.2) is 30.9 Å². The van der Waals surface area contributed by atoms with Crippen molar-refractivity contribution in [3.05, 3.63) is 47.8 Å². The van der Waals surface area contributed by atoms with Crippen LogP contribution in [0.5, 0.6) is 0 Å². The van der Waals surface area contributed by atoms with Gasteiger partial charge in [0.05, 0.1) is 6.33 Å². The molecule has 0 atom stereocenters. The zero-order valence-electron chi connectivity index (χ0n) is 11.5. The molecular weight excluding hydrogens is 252 g/mol. The molecule has 2 aromatic heterocycles. The van der Waals surface area contributed by atoms with Crippen LogP contribution >= 0.6 is 0 Å². The third-order valence-corrected chi connectivity index (χ3v) is 3.99. The number of amides is 1. The molecule has 0 saturated carbocycles.